The van der Waals surface area contributed by atoms with E-state index in [1.165, 1.54) is 0 Å². The molecule has 0 aliphatic carbocycles. The van der Waals surface area contributed by atoms with E-state index in [2.05, 4.69) is 4.98 Å². The molecule has 0 radical (unpaired) electrons. The first kappa shape index (κ1) is 8.12. The molecule has 1 heterocycles. The number of pyridine rings is 1. The van der Waals surface area contributed by atoms with Crippen LogP contribution in [0.25, 0.3) is 0 Å². The summed E-state index contributed by atoms with van der Waals surface area (Å²) in [6.07, 6.45) is 1.72. The molecule has 3 heteroatoms. The third-order valence-electron chi connectivity index (χ3n) is 0.830. The smallest absolute Gasteiger partial charge is 0.281 e. The maximum Gasteiger partial charge on any atom is 0.281 e. The van der Waals surface area contributed by atoms with Crippen molar-refractivity contribution in [2.24, 2.45) is 0 Å². The highest BCUT2D eigenvalue weighted by Gasteiger charge is 1.89. The van der Waals surface area contributed by atoms with Crippen LogP contribution in [0.1, 0.15) is 5.69 Å². The predicted octanol–water partition coefficient (Wildman–Crippen LogP) is -2.62. The monoisotopic (exact) mass is 184 g/mol. The van der Waals surface area contributed by atoms with Gasteiger partial charge in [-0.05, 0) is 6.07 Å². The fraction of sp³-hybridized carbons (Fsp3) is 0. The molecule has 0 aromatic carbocycles. The zero-order chi connectivity index (χ0) is 5.82. The van der Waals surface area contributed by atoms with Gasteiger partial charge in [0.1, 0.15) is 0 Å². The zero-order valence-corrected chi connectivity index (χ0v) is 6.22. The summed E-state index contributed by atoms with van der Waals surface area (Å²) < 4.78 is 0. The molecule has 0 spiro atoms. The topological polar surface area (TPSA) is 37.9 Å². The summed E-state index contributed by atoms with van der Waals surface area (Å²) in [5.41, 5.74) is 0.590. The number of rotatable bonds is 0. The minimum Gasteiger partial charge on any atom is -1.00 e. The number of hydrogen-bond acceptors (Lipinski definition) is 1. The third kappa shape index (κ3) is 2.24. The van der Waals surface area contributed by atoms with Gasteiger partial charge in [0.05, 0.1) is 0 Å². The van der Waals surface area contributed by atoms with E-state index in [0.717, 1.165) is 0 Å². The molecule has 46 valence electrons. The molecule has 0 bridgehead atoms. The maximum atomic E-state index is 8.26. The Morgan fingerprint density at radius 3 is 2.56 bits per heavy atom. The molecule has 0 atom stereocenters. The quantitative estimate of drug-likeness (QED) is 0.436. The van der Waals surface area contributed by atoms with E-state index in [1.54, 1.807) is 12.3 Å². The molecular formula is C6H5BrN2. The first-order chi connectivity index (χ1) is 3.93. The number of aromatic nitrogens is 1. The van der Waals surface area contributed by atoms with Gasteiger partial charge < -0.3 is 17.0 Å². The van der Waals surface area contributed by atoms with Crippen LogP contribution in [0.3, 0.4) is 0 Å². The van der Waals surface area contributed by atoms with E-state index in [-0.39, 0.29) is 17.0 Å². The molecule has 9 heavy (non-hydrogen) atoms. The van der Waals surface area contributed by atoms with Crippen molar-refractivity contribution in [1.29, 1.82) is 5.26 Å². The second kappa shape index (κ2) is 4.04. The van der Waals surface area contributed by atoms with Crippen LogP contribution in [-0.4, -0.2) is 0 Å². The number of halogens is 1. The van der Waals surface area contributed by atoms with Gasteiger partial charge in [0.25, 0.3) is 5.69 Å². The van der Waals surface area contributed by atoms with E-state index in [1.807, 2.05) is 18.2 Å². The summed E-state index contributed by atoms with van der Waals surface area (Å²) in [5.74, 6) is 0. The van der Waals surface area contributed by atoms with Crippen LogP contribution in [0.5, 0.6) is 0 Å². The van der Waals surface area contributed by atoms with Crippen molar-refractivity contribution in [3.05, 3.63) is 30.1 Å². The Labute approximate surface area is 63.9 Å². The highest BCUT2D eigenvalue weighted by atomic mass is 79.9. The molecule has 2 nitrogen and oxygen atoms in total. The molecule has 0 fully saturated rings. The van der Waals surface area contributed by atoms with E-state index in [9.17, 15) is 0 Å². The summed E-state index contributed by atoms with van der Waals surface area (Å²) in [6.45, 7) is 0. The van der Waals surface area contributed by atoms with Gasteiger partial charge in [-0.1, -0.05) is 0 Å². The van der Waals surface area contributed by atoms with Gasteiger partial charge in [-0.25, -0.2) is 4.98 Å². The summed E-state index contributed by atoms with van der Waals surface area (Å²) in [4.78, 5) is 2.76. The van der Waals surface area contributed by atoms with Crippen LogP contribution in [0.2, 0.25) is 0 Å². The number of aromatic amines is 1. The van der Waals surface area contributed by atoms with Crippen LogP contribution in [0.4, 0.5) is 0 Å². The van der Waals surface area contributed by atoms with Gasteiger partial charge in [0, 0.05) is 12.1 Å². The van der Waals surface area contributed by atoms with Crippen LogP contribution in [0, 0.1) is 11.3 Å². The predicted molar refractivity (Wildman–Crippen MR) is 27.7 cm³/mol. The van der Waals surface area contributed by atoms with Gasteiger partial charge in [0.2, 0.25) is 0 Å². The molecule has 1 rings (SSSR count). The van der Waals surface area contributed by atoms with Gasteiger partial charge >= 0.3 is 0 Å². The average Bonchev–Trinajstić information content (AvgIpc) is 1.90. The van der Waals surface area contributed by atoms with Gasteiger partial charge in [-0.2, -0.15) is 5.26 Å². The molecule has 0 aliphatic rings. The van der Waals surface area contributed by atoms with Crippen LogP contribution < -0.4 is 22.0 Å². The van der Waals surface area contributed by atoms with Crippen LogP contribution in [0.15, 0.2) is 24.4 Å². The Morgan fingerprint density at radius 1 is 1.44 bits per heavy atom. The second-order valence-corrected chi connectivity index (χ2v) is 1.39. The first-order valence-electron chi connectivity index (χ1n) is 2.30. The molecule has 0 aliphatic heterocycles. The minimum absolute atomic E-state index is 0. The first-order valence-corrected chi connectivity index (χ1v) is 2.30. The molecule has 0 amide bonds. The standard InChI is InChI=1S/C6H4N2.BrH/c7-5-6-3-1-2-4-8-6;/h1-4H;1H. The van der Waals surface area contributed by atoms with Gasteiger partial charge in [-0.15, -0.1) is 0 Å². The maximum absolute atomic E-state index is 8.26. The zero-order valence-electron chi connectivity index (χ0n) is 4.63. The normalized spacial score (nSPS) is 7.00. The van der Waals surface area contributed by atoms with Crippen molar-refractivity contribution in [3.8, 4) is 6.07 Å². The Balaban J connectivity index is 0.000000640. The van der Waals surface area contributed by atoms with E-state index < -0.39 is 0 Å². The molecule has 0 saturated carbocycles. The Hall–Kier alpha value is -0.880. The Morgan fingerprint density at radius 2 is 2.22 bits per heavy atom. The number of hydrogen-bond donors (Lipinski definition) is 0. The average molecular weight is 185 g/mol. The lowest BCUT2D eigenvalue weighted by molar-refractivity contribution is -0.382. The van der Waals surface area contributed by atoms with Crippen molar-refractivity contribution in [1.82, 2.24) is 0 Å². The van der Waals surface area contributed by atoms with E-state index in [4.69, 9.17) is 5.26 Å². The number of nitrogens with one attached hydrogen (secondary N) is 1. The molecule has 1 N–H and O–H groups in total. The van der Waals surface area contributed by atoms with Crippen molar-refractivity contribution in [2.45, 2.75) is 0 Å². The fourth-order valence-electron chi connectivity index (χ4n) is 0.463. The highest BCUT2D eigenvalue weighted by Crippen LogP contribution is 1.81. The molecule has 1 aromatic heterocycles. The molecular weight excluding hydrogens is 180 g/mol. The van der Waals surface area contributed by atoms with Gasteiger partial charge in [-0.3, -0.25) is 0 Å². The SMILES string of the molecule is N#Cc1cccc[nH+]1.[Br-]. The largest absolute Gasteiger partial charge is 1.00 e. The fourth-order valence-corrected chi connectivity index (χ4v) is 0.463. The number of H-pyrrole nitrogens is 1. The second-order valence-electron chi connectivity index (χ2n) is 1.39. The highest BCUT2D eigenvalue weighted by molar-refractivity contribution is 5.12. The Kier molecular flexibility index (Phi) is 3.65. The van der Waals surface area contributed by atoms with Crippen molar-refractivity contribution < 1.29 is 22.0 Å². The van der Waals surface area contributed by atoms with Crippen LogP contribution in [-0.2, 0) is 0 Å². The van der Waals surface area contributed by atoms with E-state index in [0.29, 0.717) is 5.69 Å². The lowest BCUT2D eigenvalue weighted by Crippen LogP contribution is -3.00. The lowest BCUT2D eigenvalue weighted by Gasteiger charge is -1.72. The summed E-state index contributed by atoms with van der Waals surface area (Å²) in [7, 11) is 0. The summed E-state index contributed by atoms with van der Waals surface area (Å²) >= 11 is 0. The summed E-state index contributed by atoms with van der Waals surface area (Å²) in [6, 6.07) is 7.34. The van der Waals surface area contributed by atoms with Crippen molar-refractivity contribution >= 4 is 0 Å². The van der Waals surface area contributed by atoms with Crippen LogP contribution >= 0.6 is 0 Å². The lowest BCUT2D eigenvalue weighted by atomic mass is 10.4. The number of nitriles is 1. The summed E-state index contributed by atoms with van der Waals surface area (Å²) in [5, 5.41) is 8.26. The minimum atomic E-state index is 0. The molecule has 0 unspecified atom stereocenters. The number of nitrogens with zero attached hydrogens (tertiary/aromatic N) is 1. The van der Waals surface area contributed by atoms with E-state index >= 15 is 0 Å². The third-order valence-corrected chi connectivity index (χ3v) is 0.830. The Bertz CT molecular complexity index is 202. The molecule has 0 saturated heterocycles. The van der Waals surface area contributed by atoms with Gasteiger partial charge in [0.15, 0.2) is 12.3 Å². The van der Waals surface area contributed by atoms with Crippen molar-refractivity contribution in [2.75, 3.05) is 0 Å². The molecule has 1 aromatic rings. The van der Waals surface area contributed by atoms with Crippen molar-refractivity contribution in [3.63, 3.8) is 0 Å².